The molecule has 0 aliphatic carbocycles. The molecule has 1 saturated heterocycles. The molecule has 0 spiro atoms. The van der Waals surface area contributed by atoms with E-state index in [4.69, 9.17) is 20.0 Å². The van der Waals surface area contributed by atoms with Crippen LogP contribution in [0.3, 0.4) is 0 Å². The van der Waals surface area contributed by atoms with Gasteiger partial charge in [0.1, 0.15) is 5.75 Å². The van der Waals surface area contributed by atoms with Crippen LogP contribution < -0.4 is 9.64 Å². The summed E-state index contributed by atoms with van der Waals surface area (Å²) in [6, 6.07) is 20.6. The van der Waals surface area contributed by atoms with Crippen molar-refractivity contribution in [3.63, 3.8) is 0 Å². The van der Waals surface area contributed by atoms with Crippen LogP contribution in [0.2, 0.25) is 0 Å². The molecule has 0 bridgehead atoms. The van der Waals surface area contributed by atoms with E-state index in [0.717, 1.165) is 76.7 Å². The molecule has 6 nitrogen and oxygen atoms in total. The van der Waals surface area contributed by atoms with Gasteiger partial charge in [0.05, 0.1) is 35.3 Å². The summed E-state index contributed by atoms with van der Waals surface area (Å²) >= 11 is 0. The molecule has 0 atom stereocenters. The molecule has 1 fully saturated rings. The molecule has 242 valence electrons. The van der Waals surface area contributed by atoms with Gasteiger partial charge in [-0.2, -0.15) is 5.26 Å². The zero-order valence-corrected chi connectivity index (χ0v) is 28.4. The van der Waals surface area contributed by atoms with Crippen LogP contribution in [0.25, 0.3) is 35.4 Å². The number of unbranched alkanes of at least 4 members (excludes halogenated alkanes) is 3. The lowest BCUT2D eigenvalue weighted by atomic mass is 10.0. The summed E-state index contributed by atoms with van der Waals surface area (Å²) in [6.07, 6.45) is 17.3. The van der Waals surface area contributed by atoms with Crippen molar-refractivity contribution in [3.05, 3.63) is 106 Å². The van der Waals surface area contributed by atoms with Crippen molar-refractivity contribution in [2.75, 3.05) is 44.2 Å². The van der Waals surface area contributed by atoms with E-state index in [1.54, 1.807) is 0 Å². The van der Waals surface area contributed by atoms with Crippen molar-refractivity contribution in [3.8, 4) is 22.9 Å². The monoisotopic (exact) mass is 625 g/mol. The summed E-state index contributed by atoms with van der Waals surface area (Å²) < 4.78 is 6.13. The summed E-state index contributed by atoms with van der Waals surface area (Å²) in [5, 5.41) is 9.01. The van der Waals surface area contributed by atoms with Crippen LogP contribution in [-0.2, 0) is 0 Å². The molecule has 3 heterocycles. The number of anilines is 1. The van der Waals surface area contributed by atoms with Gasteiger partial charge in [0, 0.05) is 49.7 Å². The number of ether oxygens (including phenoxy) is 1. The van der Waals surface area contributed by atoms with Crippen molar-refractivity contribution >= 4 is 30.0 Å². The first-order chi connectivity index (χ1) is 23.0. The van der Waals surface area contributed by atoms with E-state index in [-0.39, 0.29) is 0 Å². The molecule has 0 saturated carbocycles. The summed E-state index contributed by atoms with van der Waals surface area (Å²) in [5.41, 5.74) is 10.1. The Balaban J connectivity index is 1.23. The molecule has 0 unspecified atom stereocenters. The third kappa shape index (κ3) is 9.18. The predicted octanol–water partition coefficient (Wildman–Crippen LogP) is 9.07. The van der Waals surface area contributed by atoms with E-state index >= 15 is 0 Å². The van der Waals surface area contributed by atoms with Crippen molar-refractivity contribution in [2.45, 2.75) is 53.4 Å². The maximum Gasteiger partial charge on any atom is 0.143 e. The zero-order valence-electron chi connectivity index (χ0n) is 28.4. The number of rotatable bonds is 13. The molecule has 47 heavy (non-hydrogen) atoms. The second-order valence-corrected chi connectivity index (χ2v) is 12.3. The highest BCUT2D eigenvalue weighted by atomic mass is 16.5. The van der Waals surface area contributed by atoms with E-state index < -0.39 is 0 Å². The molecule has 2 aromatic heterocycles. The van der Waals surface area contributed by atoms with Crippen LogP contribution in [0.15, 0.2) is 67.0 Å². The Morgan fingerprint density at radius 3 is 1.94 bits per heavy atom. The predicted molar refractivity (Wildman–Crippen MR) is 196 cm³/mol. The summed E-state index contributed by atoms with van der Waals surface area (Å²) in [6.45, 7) is 14.6. The SMILES string of the molecule is CCCCCCN1CCN(c2ccc(/C=C/c3ncc(-c4cnc(/C=C/c5ccc(C#N)cc5)c(C)c4)cc3C)cc2OCC)CC1. The fourth-order valence-corrected chi connectivity index (χ4v) is 6.00. The number of hydrogen-bond acceptors (Lipinski definition) is 6. The lowest BCUT2D eigenvalue weighted by Gasteiger charge is -2.36. The highest BCUT2D eigenvalue weighted by molar-refractivity contribution is 5.75. The number of hydrogen-bond donors (Lipinski definition) is 0. The lowest BCUT2D eigenvalue weighted by Crippen LogP contribution is -2.46. The van der Waals surface area contributed by atoms with Gasteiger partial charge in [-0.1, -0.05) is 56.5 Å². The molecule has 2 aromatic carbocycles. The smallest absolute Gasteiger partial charge is 0.143 e. The largest absolute Gasteiger partial charge is 0.492 e. The van der Waals surface area contributed by atoms with Crippen molar-refractivity contribution in [1.29, 1.82) is 5.26 Å². The Bertz CT molecular complexity index is 1730. The van der Waals surface area contributed by atoms with Gasteiger partial charge < -0.3 is 9.64 Å². The van der Waals surface area contributed by atoms with Crippen LogP contribution in [0.1, 0.15) is 78.7 Å². The molecule has 1 aliphatic rings. The summed E-state index contributed by atoms with van der Waals surface area (Å²) in [5.74, 6) is 0.948. The average molecular weight is 626 g/mol. The molecule has 1 aliphatic heterocycles. The number of aromatic nitrogens is 2. The second kappa shape index (κ2) is 16.7. The number of nitrogens with zero attached hydrogens (tertiary/aromatic N) is 5. The van der Waals surface area contributed by atoms with Crippen LogP contribution in [0, 0.1) is 25.2 Å². The number of pyridine rings is 2. The third-order valence-electron chi connectivity index (χ3n) is 8.80. The Morgan fingerprint density at radius 1 is 0.745 bits per heavy atom. The molecular weight excluding hydrogens is 578 g/mol. The van der Waals surface area contributed by atoms with Gasteiger partial charge in [-0.05, 0) is 105 Å². The van der Waals surface area contributed by atoms with Gasteiger partial charge in [-0.3, -0.25) is 14.9 Å². The van der Waals surface area contributed by atoms with Gasteiger partial charge in [-0.15, -0.1) is 0 Å². The van der Waals surface area contributed by atoms with Gasteiger partial charge >= 0.3 is 0 Å². The third-order valence-corrected chi connectivity index (χ3v) is 8.80. The minimum absolute atomic E-state index is 0.641. The fourth-order valence-electron chi connectivity index (χ4n) is 6.00. The van der Waals surface area contributed by atoms with Crippen LogP contribution in [0.5, 0.6) is 5.75 Å². The van der Waals surface area contributed by atoms with E-state index in [1.807, 2.05) is 55.7 Å². The van der Waals surface area contributed by atoms with E-state index in [2.05, 4.69) is 79.1 Å². The first kappa shape index (κ1) is 33.6. The Kier molecular flexibility index (Phi) is 12.0. The highest BCUT2D eigenvalue weighted by Gasteiger charge is 2.20. The number of piperazine rings is 1. The fraction of sp³-hybridized carbons (Fsp3) is 0.341. The number of nitriles is 1. The van der Waals surface area contributed by atoms with Crippen molar-refractivity contribution < 1.29 is 4.74 Å². The minimum atomic E-state index is 0.641. The Hall–Kier alpha value is -4.73. The number of aryl methyl sites for hydroxylation is 2. The molecular formula is C41H47N5O. The quantitative estimate of drug-likeness (QED) is 0.138. The minimum Gasteiger partial charge on any atom is -0.492 e. The van der Waals surface area contributed by atoms with Gasteiger partial charge in [0.2, 0.25) is 0 Å². The highest BCUT2D eigenvalue weighted by Crippen LogP contribution is 2.32. The summed E-state index contributed by atoms with van der Waals surface area (Å²) in [7, 11) is 0. The van der Waals surface area contributed by atoms with Crippen LogP contribution in [0.4, 0.5) is 5.69 Å². The first-order valence-corrected chi connectivity index (χ1v) is 17.0. The van der Waals surface area contributed by atoms with Gasteiger partial charge in [0.25, 0.3) is 0 Å². The summed E-state index contributed by atoms with van der Waals surface area (Å²) in [4.78, 5) is 14.6. The Labute approximate surface area is 281 Å². The zero-order chi connectivity index (χ0) is 33.0. The van der Waals surface area contributed by atoms with Crippen molar-refractivity contribution in [2.24, 2.45) is 0 Å². The topological polar surface area (TPSA) is 65.3 Å². The molecule has 0 N–H and O–H groups in total. The van der Waals surface area contributed by atoms with Crippen LogP contribution >= 0.6 is 0 Å². The normalized spacial score (nSPS) is 13.8. The van der Waals surface area contributed by atoms with Crippen molar-refractivity contribution in [1.82, 2.24) is 14.9 Å². The van der Waals surface area contributed by atoms with Gasteiger partial charge in [0.15, 0.2) is 0 Å². The molecule has 0 amide bonds. The number of benzene rings is 2. The van der Waals surface area contributed by atoms with Gasteiger partial charge in [-0.25, -0.2) is 0 Å². The van der Waals surface area contributed by atoms with E-state index in [0.29, 0.717) is 12.2 Å². The Morgan fingerprint density at radius 2 is 1.36 bits per heavy atom. The standard InChI is InChI=1S/C41H47N5O/c1-5-7-8-9-20-45-21-23-46(24-22-45)40-19-16-34(27-41(40)47-6-2)15-18-39-32(4)26-37(30-44-39)36-25-31(3)38(43-29-36)17-14-33-10-12-35(28-42)13-11-33/h10-19,25-27,29-30H,5-9,20-24H2,1-4H3/b17-14+,18-15+. The maximum absolute atomic E-state index is 9.01. The van der Waals surface area contributed by atoms with Crippen LogP contribution in [-0.4, -0.2) is 54.2 Å². The second-order valence-electron chi connectivity index (χ2n) is 12.3. The first-order valence-electron chi connectivity index (χ1n) is 17.0. The maximum atomic E-state index is 9.01. The molecule has 4 aromatic rings. The molecule has 6 heteroatoms. The van der Waals surface area contributed by atoms with E-state index in [1.165, 1.54) is 37.9 Å². The lowest BCUT2D eigenvalue weighted by molar-refractivity contribution is 0.251. The molecule has 0 radical (unpaired) electrons. The van der Waals surface area contributed by atoms with E-state index in [9.17, 15) is 0 Å². The molecule has 5 rings (SSSR count). The average Bonchev–Trinajstić information content (AvgIpc) is 3.10.